The van der Waals surface area contributed by atoms with Gasteiger partial charge in [0.1, 0.15) is 0 Å². The van der Waals surface area contributed by atoms with Crippen molar-refractivity contribution in [2.24, 2.45) is 11.8 Å². The Hall–Kier alpha value is -1.02. The summed E-state index contributed by atoms with van der Waals surface area (Å²) in [5.74, 6) is 1.10. The van der Waals surface area contributed by atoms with Crippen LogP contribution in [0.3, 0.4) is 0 Å². The molecule has 0 bridgehead atoms. The highest BCUT2D eigenvalue weighted by Crippen LogP contribution is 2.31. The number of nitrogens with one attached hydrogen (secondary N) is 1. The second-order valence-corrected chi connectivity index (χ2v) is 3.91. The Morgan fingerprint density at radius 2 is 2.23 bits per heavy atom. The maximum atomic E-state index is 4.59. The average molecular weight is 176 g/mol. The predicted octanol–water partition coefficient (Wildman–Crippen LogP) is 1.41. The SMILES string of the molecule is CC1=CC2C(=CC=CC2C)[N-][NH+]1C. The molecule has 0 spiro atoms. The van der Waals surface area contributed by atoms with Gasteiger partial charge in [-0.2, -0.15) is 0 Å². The van der Waals surface area contributed by atoms with E-state index in [2.05, 4.69) is 50.6 Å². The number of hydrogen-bond acceptors (Lipinski definition) is 0. The quantitative estimate of drug-likeness (QED) is 0.575. The first-order valence-electron chi connectivity index (χ1n) is 4.81. The van der Waals surface area contributed by atoms with Gasteiger partial charge in [0.2, 0.25) is 0 Å². The average Bonchev–Trinajstić information content (AvgIpc) is 2.09. The van der Waals surface area contributed by atoms with Crippen LogP contribution < -0.4 is 5.01 Å². The molecular formula is C11H16N2. The lowest BCUT2D eigenvalue weighted by Crippen LogP contribution is -3.03. The van der Waals surface area contributed by atoms with Gasteiger partial charge in [-0.1, -0.05) is 25.2 Å². The molecule has 2 aliphatic rings. The molecule has 0 fully saturated rings. The fourth-order valence-electron chi connectivity index (χ4n) is 1.85. The molecule has 1 N–H and O–H groups in total. The third kappa shape index (κ3) is 1.42. The van der Waals surface area contributed by atoms with Crippen molar-refractivity contribution < 1.29 is 5.01 Å². The zero-order chi connectivity index (χ0) is 9.42. The van der Waals surface area contributed by atoms with Crippen molar-refractivity contribution >= 4 is 0 Å². The highest BCUT2D eigenvalue weighted by molar-refractivity contribution is 5.33. The maximum Gasteiger partial charge on any atom is 0.0953 e. The molecule has 0 saturated carbocycles. The largest absolute Gasteiger partial charge is 0.487 e. The summed E-state index contributed by atoms with van der Waals surface area (Å²) in [5.41, 5.74) is 7.14. The Bertz CT molecular complexity index is 299. The van der Waals surface area contributed by atoms with Crippen molar-refractivity contribution in [1.29, 1.82) is 0 Å². The van der Waals surface area contributed by atoms with Crippen LogP contribution in [0.5, 0.6) is 0 Å². The Balaban J connectivity index is 2.33. The van der Waals surface area contributed by atoms with Crippen molar-refractivity contribution in [2.75, 3.05) is 7.05 Å². The molecule has 2 nitrogen and oxygen atoms in total. The smallest absolute Gasteiger partial charge is 0.0953 e. The molecule has 2 heteroatoms. The van der Waals surface area contributed by atoms with E-state index in [-0.39, 0.29) is 0 Å². The molecule has 1 heterocycles. The molecule has 0 aromatic carbocycles. The van der Waals surface area contributed by atoms with E-state index < -0.39 is 0 Å². The van der Waals surface area contributed by atoms with E-state index >= 15 is 0 Å². The van der Waals surface area contributed by atoms with Crippen LogP contribution in [-0.2, 0) is 0 Å². The van der Waals surface area contributed by atoms with Gasteiger partial charge in [-0.05, 0) is 17.9 Å². The van der Waals surface area contributed by atoms with Gasteiger partial charge in [-0.25, -0.2) is 0 Å². The van der Waals surface area contributed by atoms with Crippen LogP contribution >= 0.6 is 0 Å². The lowest BCUT2D eigenvalue weighted by Gasteiger charge is -2.42. The molecule has 0 amide bonds. The Morgan fingerprint density at radius 1 is 1.46 bits per heavy atom. The summed E-state index contributed by atoms with van der Waals surface area (Å²) < 4.78 is 0. The van der Waals surface area contributed by atoms with Crippen molar-refractivity contribution in [1.82, 2.24) is 0 Å². The summed E-state index contributed by atoms with van der Waals surface area (Å²) in [6.45, 7) is 4.38. The summed E-state index contributed by atoms with van der Waals surface area (Å²) in [6, 6.07) is 0. The number of fused-ring (bicyclic) bond motifs is 1. The van der Waals surface area contributed by atoms with E-state index in [0.29, 0.717) is 11.8 Å². The highest BCUT2D eigenvalue weighted by atomic mass is 15.5. The predicted molar refractivity (Wildman–Crippen MR) is 53.9 cm³/mol. The van der Waals surface area contributed by atoms with Crippen molar-refractivity contribution in [2.45, 2.75) is 13.8 Å². The van der Waals surface area contributed by atoms with E-state index in [1.54, 1.807) is 0 Å². The van der Waals surface area contributed by atoms with E-state index in [9.17, 15) is 0 Å². The molecule has 13 heavy (non-hydrogen) atoms. The van der Waals surface area contributed by atoms with Crippen molar-refractivity contribution in [3.05, 3.63) is 41.1 Å². The second-order valence-electron chi connectivity index (χ2n) is 3.91. The Morgan fingerprint density at radius 3 is 3.00 bits per heavy atom. The zero-order valence-corrected chi connectivity index (χ0v) is 8.41. The summed E-state index contributed by atoms with van der Waals surface area (Å²) in [6.07, 6.45) is 8.81. The summed E-state index contributed by atoms with van der Waals surface area (Å²) >= 11 is 0. The molecule has 3 unspecified atom stereocenters. The monoisotopic (exact) mass is 176 g/mol. The van der Waals surface area contributed by atoms with Gasteiger partial charge in [-0.15, -0.1) is 5.70 Å². The normalized spacial score (nSPS) is 37.3. The minimum absolute atomic E-state index is 0.508. The number of rotatable bonds is 0. The molecular weight excluding hydrogens is 160 g/mol. The van der Waals surface area contributed by atoms with Gasteiger partial charge in [0.25, 0.3) is 0 Å². The number of nitrogens with zero attached hydrogens (tertiary/aromatic N) is 1. The van der Waals surface area contributed by atoms with Crippen LogP contribution in [-0.4, -0.2) is 7.05 Å². The molecule has 2 rings (SSSR count). The first-order chi connectivity index (χ1) is 6.18. The second kappa shape index (κ2) is 3.04. The molecule has 0 aromatic rings. The van der Waals surface area contributed by atoms with Gasteiger partial charge in [-0.3, -0.25) is 0 Å². The van der Waals surface area contributed by atoms with E-state index in [1.807, 2.05) is 0 Å². The minimum atomic E-state index is 0.508. The zero-order valence-electron chi connectivity index (χ0n) is 8.41. The number of quaternary nitrogens is 1. The fourth-order valence-corrected chi connectivity index (χ4v) is 1.85. The Kier molecular flexibility index (Phi) is 2.00. The summed E-state index contributed by atoms with van der Waals surface area (Å²) in [4.78, 5) is 0. The molecule has 0 aromatic heterocycles. The van der Waals surface area contributed by atoms with Crippen molar-refractivity contribution in [3.63, 3.8) is 0 Å². The van der Waals surface area contributed by atoms with Gasteiger partial charge in [0.05, 0.1) is 12.7 Å². The van der Waals surface area contributed by atoms with Gasteiger partial charge in [0.15, 0.2) is 0 Å². The van der Waals surface area contributed by atoms with Crippen LogP contribution in [0.2, 0.25) is 0 Å². The minimum Gasteiger partial charge on any atom is -0.487 e. The highest BCUT2D eigenvalue weighted by Gasteiger charge is 2.21. The first-order valence-corrected chi connectivity index (χ1v) is 4.81. The van der Waals surface area contributed by atoms with Gasteiger partial charge in [0, 0.05) is 6.92 Å². The number of allylic oxidation sites excluding steroid dienone is 5. The topological polar surface area (TPSA) is 18.5 Å². The van der Waals surface area contributed by atoms with Crippen LogP contribution in [0.25, 0.3) is 5.43 Å². The van der Waals surface area contributed by atoms with Gasteiger partial charge < -0.3 is 10.4 Å². The van der Waals surface area contributed by atoms with Crippen molar-refractivity contribution in [3.8, 4) is 0 Å². The molecule has 3 atom stereocenters. The first kappa shape index (κ1) is 8.57. The van der Waals surface area contributed by atoms with Crippen LogP contribution in [0, 0.1) is 11.8 Å². The molecule has 1 aliphatic carbocycles. The molecule has 70 valence electrons. The maximum absolute atomic E-state index is 4.59. The third-order valence-corrected chi connectivity index (χ3v) is 2.89. The van der Waals surface area contributed by atoms with Crippen LogP contribution in [0.1, 0.15) is 13.8 Å². The van der Waals surface area contributed by atoms with E-state index in [0.717, 1.165) is 5.01 Å². The Labute approximate surface area is 79.6 Å². The van der Waals surface area contributed by atoms with Crippen LogP contribution in [0.4, 0.5) is 0 Å². The lowest BCUT2D eigenvalue weighted by atomic mass is 9.85. The van der Waals surface area contributed by atoms with E-state index in [1.165, 1.54) is 11.4 Å². The van der Waals surface area contributed by atoms with Crippen LogP contribution in [0.15, 0.2) is 35.7 Å². The number of hydrogen-bond donors (Lipinski definition) is 1. The standard InChI is InChI=1S/C11H16N2/c1-8-5-4-6-11-10(8)7-9(2)13(3)12-11/h4-8,10,13H,1-3H3. The van der Waals surface area contributed by atoms with Gasteiger partial charge >= 0.3 is 0 Å². The third-order valence-electron chi connectivity index (χ3n) is 2.89. The van der Waals surface area contributed by atoms with E-state index in [4.69, 9.17) is 0 Å². The molecule has 0 saturated heterocycles. The molecule has 1 aliphatic heterocycles. The molecule has 0 radical (unpaired) electrons. The summed E-state index contributed by atoms with van der Waals surface area (Å²) in [5, 5.41) is 1.16. The summed E-state index contributed by atoms with van der Waals surface area (Å²) in [7, 11) is 2.08. The fraction of sp³-hybridized carbons (Fsp3) is 0.455. The lowest BCUT2D eigenvalue weighted by molar-refractivity contribution is -0.798.